The summed E-state index contributed by atoms with van der Waals surface area (Å²) in [7, 11) is 3.71. The summed E-state index contributed by atoms with van der Waals surface area (Å²) in [5, 5.41) is 0.658. The van der Waals surface area contributed by atoms with Crippen LogP contribution in [0.3, 0.4) is 0 Å². The van der Waals surface area contributed by atoms with E-state index in [-0.39, 0.29) is 11.8 Å². The summed E-state index contributed by atoms with van der Waals surface area (Å²) in [6.07, 6.45) is 0. The van der Waals surface area contributed by atoms with Crippen molar-refractivity contribution in [3.8, 4) is 11.3 Å². The van der Waals surface area contributed by atoms with Gasteiger partial charge in [-0.1, -0.05) is 23.7 Å². The van der Waals surface area contributed by atoms with Crippen LogP contribution >= 0.6 is 11.6 Å². The number of furan rings is 1. The summed E-state index contributed by atoms with van der Waals surface area (Å²) in [6.45, 7) is 1.56. The van der Waals surface area contributed by atoms with Gasteiger partial charge in [-0.05, 0) is 45.3 Å². The van der Waals surface area contributed by atoms with E-state index in [1.807, 2.05) is 55.4 Å². The molecule has 1 unspecified atom stereocenters. The number of hydrogen-bond donors (Lipinski definition) is 0. The first kappa shape index (κ1) is 13.8. The van der Waals surface area contributed by atoms with E-state index in [1.54, 1.807) is 6.92 Å². The van der Waals surface area contributed by atoms with Crippen LogP contribution < -0.4 is 0 Å². The number of hydrogen-bond acceptors (Lipinski definition) is 3. The van der Waals surface area contributed by atoms with Crippen molar-refractivity contribution in [2.45, 2.75) is 13.0 Å². The van der Waals surface area contributed by atoms with Crippen LogP contribution in [0.5, 0.6) is 0 Å². The summed E-state index contributed by atoms with van der Waals surface area (Å²) in [5.41, 5.74) is 0.903. The fourth-order valence-electron chi connectivity index (χ4n) is 2.12. The molecule has 2 rings (SSSR count). The molecule has 0 aliphatic carbocycles. The number of carbonyl (C=O) groups excluding carboxylic acids is 1. The van der Waals surface area contributed by atoms with Gasteiger partial charge in [-0.2, -0.15) is 0 Å². The Balaban J connectivity index is 2.35. The van der Waals surface area contributed by atoms with Gasteiger partial charge in [0.2, 0.25) is 0 Å². The molecule has 0 radical (unpaired) electrons. The Morgan fingerprint density at radius 2 is 2.00 bits per heavy atom. The van der Waals surface area contributed by atoms with Gasteiger partial charge >= 0.3 is 0 Å². The number of rotatable bonds is 4. The highest BCUT2D eigenvalue weighted by molar-refractivity contribution is 6.30. The van der Waals surface area contributed by atoms with Gasteiger partial charge in [0.1, 0.15) is 17.6 Å². The molecule has 100 valence electrons. The molecule has 0 saturated carbocycles. The molecule has 1 aromatic carbocycles. The molecule has 4 heteroatoms. The van der Waals surface area contributed by atoms with Crippen molar-refractivity contribution >= 4 is 17.4 Å². The lowest BCUT2D eigenvalue weighted by Crippen LogP contribution is -2.25. The van der Waals surface area contributed by atoms with E-state index in [4.69, 9.17) is 16.0 Å². The zero-order valence-corrected chi connectivity index (χ0v) is 11.9. The minimum Gasteiger partial charge on any atom is -0.459 e. The SMILES string of the molecule is CC(=O)C(c1ccc(-c2cccc(Cl)c2)o1)N(C)C. The maximum atomic E-state index is 11.7. The van der Waals surface area contributed by atoms with Crippen LogP contribution in [-0.4, -0.2) is 24.8 Å². The molecular formula is C15H16ClNO2. The fourth-order valence-corrected chi connectivity index (χ4v) is 2.31. The third kappa shape index (κ3) is 3.06. The second kappa shape index (κ2) is 5.59. The average Bonchev–Trinajstić information content (AvgIpc) is 2.77. The van der Waals surface area contributed by atoms with Crippen LogP contribution in [0.4, 0.5) is 0 Å². The van der Waals surface area contributed by atoms with Crippen LogP contribution in [-0.2, 0) is 4.79 Å². The maximum Gasteiger partial charge on any atom is 0.154 e. The predicted molar refractivity (Wildman–Crippen MR) is 76.3 cm³/mol. The normalized spacial score (nSPS) is 12.7. The lowest BCUT2D eigenvalue weighted by molar-refractivity contribution is -0.122. The van der Waals surface area contributed by atoms with Crippen molar-refractivity contribution in [3.05, 3.63) is 47.2 Å². The van der Waals surface area contributed by atoms with Gasteiger partial charge in [-0.15, -0.1) is 0 Å². The Bertz CT molecular complexity index is 589. The smallest absolute Gasteiger partial charge is 0.154 e. The predicted octanol–water partition coefficient (Wildman–Crippen LogP) is 3.79. The van der Waals surface area contributed by atoms with Gasteiger partial charge in [0.25, 0.3) is 0 Å². The minimum atomic E-state index is -0.354. The number of ketones is 1. The molecule has 19 heavy (non-hydrogen) atoms. The summed E-state index contributed by atoms with van der Waals surface area (Å²) >= 11 is 5.96. The van der Waals surface area contributed by atoms with Crippen LogP contribution in [0, 0.1) is 0 Å². The van der Waals surface area contributed by atoms with Crippen LogP contribution in [0.15, 0.2) is 40.8 Å². The van der Waals surface area contributed by atoms with Gasteiger partial charge < -0.3 is 4.42 Å². The fraction of sp³-hybridized carbons (Fsp3) is 0.267. The number of halogens is 1. The number of likely N-dealkylation sites (N-methyl/N-ethyl adjacent to an activating group) is 1. The van der Waals surface area contributed by atoms with Crippen molar-refractivity contribution in [2.75, 3.05) is 14.1 Å². The quantitative estimate of drug-likeness (QED) is 0.852. The molecule has 1 aromatic heterocycles. The molecule has 3 nitrogen and oxygen atoms in total. The van der Waals surface area contributed by atoms with Gasteiger partial charge in [0, 0.05) is 10.6 Å². The monoisotopic (exact) mass is 277 g/mol. The highest BCUT2D eigenvalue weighted by Gasteiger charge is 2.22. The van der Waals surface area contributed by atoms with Crippen LogP contribution in [0.2, 0.25) is 5.02 Å². The Hall–Kier alpha value is -1.58. The molecule has 0 fully saturated rings. The molecule has 0 bridgehead atoms. The van der Waals surface area contributed by atoms with E-state index in [0.717, 1.165) is 5.56 Å². The molecule has 0 spiro atoms. The number of nitrogens with zero attached hydrogens (tertiary/aromatic N) is 1. The van der Waals surface area contributed by atoms with Gasteiger partial charge in [0.15, 0.2) is 5.78 Å². The second-order valence-corrected chi connectivity index (χ2v) is 5.13. The molecule has 1 atom stereocenters. The zero-order chi connectivity index (χ0) is 14.0. The molecule has 0 aliphatic heterocycles. The van der Waals surface area contributed by atoms with Crippen molar-refractivity contribution < 1.29 is 9.21 Å². The maximum absolute atomic E-state index is 11.7. The Morgan fingerprint density at radius 1 is 1.26 bits per heavy atom. The van der Waals surface area contributed by atoms with E-state index in [1.165, 1.54) is 0 Å². The topological polar surface area (TPSA) is 33.5 Å². The minimum absolute atomic E-state index is 0.0528. The molecule has 0 amide bonds. The molecule has 0 aliphatic rings. The van der Waals surface area contributed by atoms with Gasteiger partial charge in [-0.3, -0.25) is 9.69 Å². The molecule has 0 saturated heterocycles. The van der Waals surface area contributed by atoms with Crippen LogP contribution in [0.1, 0.15) is 18.7 Å². The zero-order valence-electron chi connectivity index (χ0n) is 11.2. The first-order valence-electron chi connectivity index (χ1n) is 6.01. The highest BCUT2D eigenvalue weighted by atomic mass is 35.5. The van der Waals surface area contributed by atoms with E-state index in [9.17, 15) is 4.79 Å². The number of Topliss-reactive ketones (excluding diaryl/α,β-unsaturated/α-hetero) is 1. The Kier molecular flexibility index (Phi) is 4.08. The van der Waals surface area contributed by atoms with Crippen LogP contribution in [0.25, 0.3) is 11.3 Å². The van der Waals surface area contributed by atoms with Gasteiger partial charge in [-0.25, -0.2) is 0 Å². The van der Waals surface area contributed by atoms with Crippen molar-refractivity contribution in [1.82, 2.24) is 4.90 Å². The molecule has 0 N–H and O–H groups in total. The van der Waals surface area contributed by atoms with Crippen molar-refractivity contribution in [1.29, 1.82) is 0 Å². The second-order valence-electron chi connectivity index (χ2n) is 4.69. The van der Waals surface area contributed by atoms with Gasteiger partial charge in [0.05, 0.1) is 0 Å². The molecular weight excluding hydrogens is 262 g/mol. The number of benzene rings is 1. The lowest BCUT2D eigenvalue weighted by atomic mass is 10.1. The van der Waals surface area contributed by atoms with E-state index in [0.29, 0.717) is 16.5 Å². The Morgan fingerprint density at radius 3 is 2.58 bits per heavy atom. The molecule has 1 heterocycles. The third-order valence-electron chi connectivity index (χ3n) is 2.91. The van der Waals surface area contributed by atoms with E-state index < -0.39 is 0 Å². The Labute approximate surface area is 117 Å². The summed E-state index contributed by atoms with van der Waals surface area (Å²) in [5.74, 6) is 1.41. The number of carbonyl (C=O) groups is 1. The summed E-state index contributed by atoms with van der Waals surface area (Å²) in [4.78, 5) is 13.5. The first-order chi connectivity index (χ1) is 8.99. The lowest BCUT2D eigenvalue weighted by Gasteiger charge is -2.19. The largest absolute Gasteiger partial charge is 0.459 e. The standard InChI is InChI=1S/C15H16ClNO2/c1-10(18)15(17(2)3)14-8-7-13(19-14)11-5-4-6-12(16)9-11/h4-9,15H,1-3H3. The summed E-state index contributed by atoms with van der Waals surface area (Å²) in [6, 6.07) is 10.8. The first-order valence-corrected chi connectivity index (χ1v) is 6.39. The van der Waals surface area contributed by atoms with Crippen molar-refractivity contribution in [2.24, 2.45) is 0 Å². The highest BCUT2D eigenvalue weighted by Crippen LogP contribution is 2.29. The van der Waals surface area contributed by atoms with E-state index >= 15 is 0 Å². The van der Waals surface area contributed by atoms with E-state index in [2.05, 4.69) is 0 Å². The summed E-state index contributed by atoms with van der Waals surface area (Å²) < 4.78 is 5.79. The molecule has 2 aromatic rings. The van der Waals surface area contributed by atoms with Crippen molar-refractivity contribution in [3.63, 3.8) is 0 Å². The third-order valence-corrected chi connectivity index (χ3v) is 3.14. The average molecular weight is 278 g/mol.